The minimum absolute atomic E-state index is 0.625. The molecular weight excluding hydrogens is 284 g/mol. The first-order chi connectivity index (χ1) is 10.3. The standard InChI is InChI=1S/C17H25ClN2O/c1-21-17-8-7-14(11-15(17)18)20-10-9-19-16(12-20)13-5-3-2-4-6-13/h7-8,11,13,16,19H,2-6,9-10,12H2,1H3. The minimum Gasteiger partial charge on any atom is -0.495 e. The van der Waals surface area contributed by atoms with Crippen molar-refractivity contribution in [2.24, 2.45) is 5.92 Å². The molecule has 1 N–H and O–H groups in total. The summed E-state index contributed by atoms with van der Waals surface area (Å²) in [6.45, 7) is 3.20. The predicted octanol–water partition coefficient (Wildman–Crippen LogP) is 3.71. The second-order valence-electron chi connectivity index (χ2n) is 6.22. The first-order valence-corrected chi connectivity index (χ1v) is 8.47. The maximum absolute atomic E-state index is 6.27. The number of nitrogens with one attached hydrogen (secondary N) is 1. The highest BCUT2D eigenvalue weighted by Crippen LogP contribution is 2.32. The van der Waals surface area contributed by atoms with Crippen LogP contribution in [0.4, 0.5) is 5.69 Å². The largest absolute Gasteiger partial charge is 0.495 e. The Morgan fingerprint density at radius 3 is 2.76 bits per heavy atom. The molecule has 1 aliphatic carbocycles. The van der Waals surface area contributed by atoms with Gasteiger partial charge in [-0.2, -0.15) is 0 Å². The van der Waals surface area contributed by atoms with Gasteiger partial charge in [-0.05, 0) is 37.0 Å². The van der Waals surface area contributed by atoms with Crippen molar-refractivity contribution in [1.82, 2.24) is 5.32 Å². The number of ether oxygens (including phenoxy) is 1. The third kappa shape index (κ3) is 3.46. The van der Waals surface area contributed by atoms with E-state index in [4.69, 9.17) is 16.3 Å². The van der Waals surface area contributed by atoms with Gasteiger partial charge in [0.1, 0.15) is 5.75 Å². The second-order valence-corrected chi connectivity index (χ2v) is 6.63. The number of methoxy groups -OCH3 is 1. The van der Waals surface area contributed by atoms with E-state index in [9.17, 15) is 0 Å². The molecule has 1 aliphatic heterocycles. The first kappa shape index (κ1) is 15.0. The van der Waals surface area contributed by atoms with Crippen molar-refractivity contribution in [3.8, 4) is 5.75 Å². The number of halogens is 1. The maximum Gasteiger partial charge on any atom is 0.137 e. The highest BCUT2D eigenvalue weighted by atomic mass is 35.5. The van der Waals surface area contributed by atoms with Gasteiger partial charge in [0.25, 0.3) is 0 Å². The van der Waals surface area contributed by atoms with Crippen LogP contribution in [0.5, 0.6) is 5.75 Å². The molecule has 1 saturated heterocycles. The summed E-state index contributed by atoms with van der Waals surface area (Å²) >= 11 is 6.27. The van der Waals surface area contributed by atoms with E-state index in [1.165, 1.54) is 37.8 Å². The van der Waals surface area contributed by atoms with E-state index in [2.05, 4.69) is 16.3 Å². The van der Waals surface area contributed by atoms with E-state index in [-0.39, 0.29) is 0 Å². The van der Waals surface area contributed by atoms with E-state index < -0.39 is 0 Å². The lowest BCUT2D eigenvalue weighted by atomic mass is 9.83. The number of hydrogen-bond acceptors (Lipinski definition) is 3. The molecule has 1 aromatic rings. The van der Waals surface area contributed by atoms with E-state index in [1.807, 2.05) is 12.1 Å². The van der Waals surface area contributed by atoms with Crippen molar-refractivity contribution in [2.45, 2.75) is 38.1 Å². The molecule has 0 aromatic heterocycles. The molecule has 1 aromatic carbocycles. The first-order valence-electron chi connectivity index (χ1n) is 8.10. The lowest BCUT2D eigenvalue weighted by Crippen LogP contribution is -2.54. The molecule has 0 amide bonds. The lowest BCUT2D eigenvalue weighted by Gasteiger charge is -2.40. The number of hydrogen-bond donors (Lipinski definition) is 1. The molecule has 0 spiro atoms. The molecule has 3 rings (SSSR count). The molecule has 1 saturated carbocycles. The highest BCUT2D eigenvalue weighted by Gasteiger charge is 2.28. The molecule has 1 unspecified atom stereocenters. The number of anilines is 1. The molecule has 1 heterocycles. The van der Waals surface area contributed by atoms with Gasteiger partial charge in [0.2, 0.25) is 0 Å². The Balaban J connectivity index is 1.69. The molecule has 4 heteroatoms. The van der Waals surface area contributed by atoms with Crippen molar-refractivity contribution >= 4 is 17.3 Å². The average Bonchev–Trinajstić information content (AvgIpc) is 2.56. The van der Waals surface area contributed by atoms with Gasteiger partial charge >= 0.3 is 0 Å². The summed E-state index contributed by atoms with van der Waals surface area (Å²) in [7, 11) is 1.66. The summed E-state index contributed by atoms with van der Waals surface area (Å²) in [5.74, 6) is 1.59. The van der Waals surface area contributed by atoms with Crippen molar-refractivity contribution in [1.29, 1.82) is 0 Å². The van der Waals surface area contributed by atoms with Crippen LogP contribution in [0.1, 0.15) is 32.1 Å². The van der Waals surface area contributed by atoms with Crippen LogP contribution in [0.2, 0.25) is 5.02 Å². The smallest absolute Gasteiger partial charge is 0.137 e. The summed E-state index contributed by atoms with van der Waals surface area (Å²) in [5.41, 5.74) is 1.21. The number of nitrogens with zero attached hydrogens (tertiary/aromatic N) is 1. The van der Waals surface area contributed by atoms with Gasteiger partial charge in [-0.25, -0.2) is 0 Å². The van der Waals surface area contributed by atoms with Crippen molar-refractivity contribution in [3.05, 3.63) is 23.2 Å². The van der Waals surface area contributed by atoms with Gasteiger partial charge in [-0.1, -0.05) is 30.9 Å². The summed E-state index contributed by atoms with van der Waals surface area (Å²) in [4.78, 5) is 2.46. The average molecular weight is 309 g/mol. The predicted molar refractivity (Wildman–Crippen MR) is 88.6 cm³/mol. The maximum atomic E-state index is 6.27. The quantitative estimate of drug-likeness (QED) is 0.921. The zero-order valence-corrected chi connectivity index (χ0v) is 13.5. The third-order valence-electron chi connectivity index (χ3n) is 4.92. The Labute approximate surface area is 132 Å². The van der Waals surface area contributed by atoms with Crippen LogP contribution in [0.15, 0.2) is 18.2 Å². The topological polar surface area (TPSA) is 24.5 Å². The Morgan fingerprint density at radius 1 is 1.24 bits per heavy atom. The SMILES string of the molecule is COc1ccc(N2CCNC(C3CCCCC3)C2)cc1Cl. The van der Waals surface area contributed by atoms with Gasteiger partial charge < -0.3 is 15.0 Å². The lowest BCUT2D eigenvalue weighted by molar-refractivity contribution is 0.257. The van der Waals surface area contributed by atoms with E-state index >= 15 is 0 Å². The Bertz CT molecular complexity index is 474. The van der Waals surface area contributed by atoms with Gasteiger partial charge in [0.15, 0.2) is 0 Å². The molecule has 3 nitrogen and oxygen atoms in total. The molecular formula is C17H25ClN2O. The highest BCUT2D eigenvalue weighted by molar-refractivity contribution is 6.32. The molecule has 116 valence electrons. The minimum atomic E-state index is 0.625. The molecule has 0 radical (unpaired) electrons. The van der Waals surface area contributed by atoms with Crippen LogP contribution < -0.4 is 15.0 Å². The Kier molecular flexibility index (Phi) is 4.91. The van der Waals surface area contributed by atoms with E-state index in [0.29, 0.717) is 11.1 Å². The van der Waals surface area contributed by atoms with Crippen LogP contribution in [0.3, 0.4) is 0 Å². The second kappa shape index (κ2) is 6.89. The van der Waals surface area contributed by atoms with Gasteiger partial charge in [0, 0.05) is 31.4 Å². The van der Waals surface area contributed by atoms with Crippen molar-refractivity contribution in [2.75, 3.05) is 31.6 Å². The fraction of sp³-hybridized carbons (Fsp3) is 0.647. The third-order valence-corrected chi connectivity index (χ3v) is 5.22. The van der Waals surface area contributed by atoms with Crippen LogP contribution >= 0.6 is 11.6 Å². The fourth-order valence-electron chi connectivity index (χ4n) is 3.72. The number of piperazine rings is 1. The molecule has 21 heavy (non-hydrogen) atoms. The molecule has 0 bridgehead atoms. The molecule has 2 aliphatic rings. The Morgan fingerprint density at radius 2 is 2.05 bits per heavy atom. The summed E-state index contributed by atoms with van der Waals surface area (Å²) < 4.78 is 5.24. The fourth-order valence-corrected chi connectivity index (χ4v) is 3.97. The van der Waals surface area contributed by atoms with Crippen molar-refractivity contribution in [3.63, 3.8) is 0 Å². The van der Waals surface area contributed by atoms with Gasteiger partial charge in [0.05, 0.1) is 12.1 Å². The van der Waals surface area contributed by atoms with E-state index in [1.54, 1.807) is 7.11 Å². The zero-order chi connectivity index (χ0) is 14.7. The summed E-state index contributed by atoms with van der Waals surface area (Å²) in [5, 5.41) is 4.42. The monoisotopic (exact) mass is 308 g/mol. The molecule has 1 atom stereocenters. The van der Waals surface area contributed by atoms with Crippen LogP contribution in [-0.4, -0.2) is 32.8 Å². The van der Waals surface area contributed by atoms with Gasteiger partial charge in [-0.3, -0.25) is 0 Å². The Hall–Kier alpha value is -0.930. The summed E-state index contributed by atoms with van der Waals surface area (Å²) in [6, 6.07) is 6.74. The number of rotatable bonds is 3. The number of benzene rings is 1. The zero-order valence-electron chi connectivity index (χ0n) is 12.8. The normalized spacial score (nSPS) is 24.1. The van der Waals surface area contributed by atoms with Crippen molar-refractivity contribution < 1.29 is 4.74 Å². The van der Waals surface area contributed by atoms with Crippen LogP contribution in [0.25, 0.3) is 0 Å². The summed E-state index contributed by atoms with van der Waals surface area (Å²) in [6.07, 6.45) is 6.99. The van der Waals surface area contributed by atoms with Gasteiger partial charge in [-0.15, -0.1) is 0 Å². The van der Waals surface area contributed by atoms with Crippen LogP contribution in [0, 0.1) is 5.92 Å². The van der Waals surface area contributed by atoms with Crippen LogP contribution in [-0.2, 0) is 0 Å². The van der Waals surface area contributed by atoms with E-state index in [0.717, 1.165) is 31.3 Å². The molecule has 2 fully saturated rings.